The number of cyclic esters (lactones) is 1. The van der Waals surface area contributed by atoms with Crippen LogP contribution in [0, 0.1) is 29.6 Å². The summed E-state index contributed by atoms with van der Waals surface area (Å²) in [7, 11) is 3.07. The molecule has 1 amide bonds. The van der Waals surface area contributed by atoms with Gasteiger partial charge in [0.2, 0.25) is 5.79 Å². The van der Waals surface area contributed by atoms with E-state index in [4.69, 9.17) is 18.9 Å². The fourth-order valence-electron chi connectivity index (χ4n) is 8.00. The van der Waals surface area contributed by atoms with Crippen molar-refractivity contribution in [3.05, 3.63) is 23.3 Å². The van der Waals surface area contributed by atoms with E-state index in [1.807, 2.05) is 46.8 Å². The number of carbonyl (C=O) groups is 4. The van der Waals surface area contributed by atoms with Crippen molar-refractivity contribution in [2.75, 3.05) is 20.8 Å². The Bertz CT molecular complexity index is 1260. The fraction of sp³-hybridized carbons (Fsp3) is 0.795. The average molecular weight is 706 g/mol. The quantitative estimate of drug-likeness (QED) is 0.229. The van der Waals surface area contributed by atoms with Gasteiger partial charge in [0, 0.05) is 44.9 Å². The molecule has 11 atom stereocenters. The molecular weight excluding hydrogens is 642 g/mol. The molecule has 0 aromatic rings. The number of ketones is 2. The molecule has 3 heterocycles. The van der Waals surface area contributed by atoms with Crippen LogP contribution in [0.3, 0.4) is 0 Å². The van der Waals surface area contributed by atoms with Crippen LogP contribution in [0.1, 0.15) is 107 Å². The third-order valence-corrected chi connectivity index (χ3v) is 10.9. The molecule has 0 spiro atoms. The maximum Gasteiger partial charge on any atom is 0.329 e. The zero-order valence-corrected chi connectivity index (χ0v) is 32.0. The van der Waals surface area contributed by atoms with Gasteiger partial charge in [0.15, 0.2) is 0 Å². The van der Waals surface area contributed by atoms with Crippen molar-refractivity contribution in [1.82, 2.24) is 4.90 Å². The molecule has 2 N–H and O–H groups in total. The van der Waals surface area contributed by atoms with Gasteiger partial charge in [-0.3, -0.25) is 14.4 Å². The van der Waals surface area contributed by atoms with Gasteiger partial charge in [-0.2, -0.15) is 0 Å². The Labute approximate surface area is 299 Å². The number of aliphatic hydroxyl groups excluding tert-OH is 1. The van der Waals surface area contributed by atoms with E-state index < -0.39 is 77.8 Å². The highest BCUT2D eigenvalue weighted by Crippen LogP contribution is 2.39. The molecule has 0 unspecified atom stereocenters. The summed E-state index contributed by atoms with van der Waals surface area (Å²) in [6, 6.07) is -1.08. The lowest BCUT2D eigenvalue weighted by Gasteiger charge is -2.47. The van der Waals surface area contributed by atoms with Crippen LogP contribution in [0.4, 0.5) is 0 Å². The normalized spacial score (nSPS) is 38.9. The molecular formula is C39H63NO10. The van der Waals surface area contributed by atoms with Crippen LogP contribution in [0.15, 0.2) is 23.3 Å². The number of hydrogen-bond acceptors (Lipinski definition) is 10. The summed E-state index contributed by atoms with van der Waals surface area (Å²) < 4.78 is 24.0. The van der Waals surface area contributed by atoms with Gasteiger partial charge in [-0.25, -0.2) is 4.79 Å². The van der Waals surface area contributed by atoms with E-state index in [-0.39, 0.29) is 43.4 Å². The summed E-state index contributed by atoms with van der Waals surface area (Å²) in [5.41, 5.74) is 1.73. The van der Waals surface area contributed by atoms with Crippen molar-refractivity contribution < 1.29 is 48.3 Å². The second kappa shape index (κ2) is 18.4. The monoisotopic (exact) mass is 705 g/mol. The van der Waals surface area contributed by atoms with Crippen molar-refractivity contribution in [3.63, 3.8) is 0 Å². The molecule has 284 valence electrons. The molecule has 3 aliphatic heterocycles. The lowest BCUT2D eigenvalue weighted by molar-refractivity contribution is -0.302. The topological polar surface area (TPSA) is 149 Å². The number of amides is 1. The molecule has 11 heteroatoms. The van der Waals surface area contributed by atoms with E-state index >= 15 is 0 Å². The van der Waals surface area contributed by atoms with Crippen LogP contribution >= 0.6 is 0 Å². The highest BCUT2D eigenvalue weighted by Gasteiger charge is 2.56. The van der Waals surface area contributed by atoms with Crippen LogP contribution in [-0.2, 0) is 38.1 Å². The SMILES string of the molecule is CC[C@@H]1/C=C(\C)C[C@H](C)C[C@H](OC)[C@H]2O[C@@](O)(C(=O)C(=O)N3CCCC[C@H]3C(=O)O[C@H](/C(C)=C/C(C)C)[C@H](C)[C@@H](O)CC1=O)[C@H](C)C[C@@H]2OC. The van der Waals surface area contributed by atoms with Crippen molar-refractivity contribution in [2.24, 2.45) is 29.6 Å². The molecule has 3 rings (SSSR count). The Morgan fingerprint density at radius 1 is 1.06 bits per heavy atom. The van der Waals surface area contributed by atoms with Crippen LogP contribution in [0.2, 0.25) is 0 Å². The Hall–Kier alpha value is -2.44. The van der Waals surface area contributed by atoms with E-state index in [9.17, 15) is 29.4 Å². The van der Waals surface area contributed by atoms with Crippen LogP contribution in [-0.4, -0.2) is 102 Å². The van der Waals surface area contributed by atoms with E-state index in [1.54, 1.807) is 13.8 Å². The van der Waals surface area contributed by atoms with Crippen molar-refractivity contribution in [1.29, 1.82) is 0 Å². The number of methoxy groups -OCH3 is 2. The van der Waals surface area contributed by atoms with E-state index in [0.29, 0.717) is 32.1 Å². The van der Waals surface area contributed by atoms with Gasteiger partial charge in [-0.1, -0.05) is 59.3 Å². The Balaban J connectivity index is 2.12. The Morgan fingerprint density at radius 2 is 1.70 bits per heavy atom. The van der Waals surface area contributed by atoms with E-state index in [0.717, 1.165) is 11.1 Å². The maximum atomic E-state index is 14.1. The van der Waals surface area contributed by atoms with Gasteiger partial charge in [0.1, 0.15) is 24.0 Å². The molecule has 0 aromatic carbocycles. The summed E-state index contributed by atoms with van der Waals surface area (Å²) >= 11 is 0. The van der Waals surface area contributed by atoms with Crippen LogP contribution in [0.5, 0.6) is 0 Å². The van der Waals surface area contributed by atoms with Crippen LogP contribution in [0.25, 0.3) is 0 Å². The largest absolute Gasteiger partial charge is 0.456 e. The Morgan fingerprint density at radius 3 is 2.30 bits per heavy atom. The summed E-state index contributed by atoms with van der Waals surface area (Å²) in [5.74, 6) is -7.08. The number of allylic oxidation sites excluding steroid dienone is 3. The van der Waals surface area contributed by atoms with Gasteiger partial charge in [-0.15, -0.1) is 0 Å². The number of piperidine rings is 1. The maximum absolute atomic E-state index is 14.1. The third kappa shape index (κ3) is 9.91. The standard InChI is InChI=1S/C39H63NO10/c1-11-28-18-23(4)17-24(5)19-32(47-9)35-33(48-10)20-26(7)39(46,50-35)36(43)37(44)40-15-13-12-14-29(40)38(45)49-34(25(6)16-22(2)3)27(8)30(41)21-31(28)42/h16,18,22,24,26-30,32-35,41,46H,11-15,17,19-21H2,1-10H3/b23-18+,25-16+/t24-,26+,27+,28+,29-,30-,32-,33-,34+,35+,39+/m0/s1. The van der Waals surface area contributed by atoms with Gasteiger partial charge >= 0.3 is 5.97 Å². The fourth-order valence-corrected chi connectivity index (χ4v) is 8.00. The minimum absolute atomic E-state index is 0.0585. The minimum atomic E-state index is -2.47. The molecule has 3 aliphatic rings. The number of rotatable bonds is 5. The summed E-state index contributed by atoms with van der Waals surface area (Å²) in [5, 5.41) is 23.3. The first-order valence-corrected chi connectivity index (χ1v) is 18.6. The smallest absolute Gasteiger partial charge is 0.329 e. The van der Waals surface area contributed by atoms with Crippen molar-refractivity contribution in [3.8, 4) is 0 Å². The number of esters is 1. The zero-order valence-electron chi connectivity index (χ0n) is 32.0. The minimum Gasteiger partial charge on any atom is -0.456 e. The first kappa shape index (κ1) is 42.0. The summed E-state index contributed by atoms with van der Waals surface area (Å²) in [4.78, 5) is 56.8. The van der Waals surface area contributed by atoms with Crippen LogP contribution < -0.4 is 0 Å². The molecule has 2 fully saturated rings. The second-order valence-corrected chi connectivity index (χ2v) is 15.5. The number of nitrogens with zero attached hydrogens (tertiary/aromatic N) is 1. The van der Waals surface area contributed by atoms with E-state index in [1.165, 1.54) is 19.1 Å². The van der Waals surface area contributed by atoms with E-state index in [2.05, 4.69) is 6.92 Å². The zero-order chi connectivity index (χ0) is 37.5. The predicted molar refractivity (Wildman–Crippen MR) is 189 cm³/mol. The molecule has 0 aliphatic carbocycles. The van der Waals surface area contributed by atoms with Crippen molar-refractivity contribution >= 4 is 23.4 Å². The number of ether oxygens (including phenoxy) is 4. The summed E-state index contributed by atoms with van der Waals surface area (Å²) in [6.07, 6.45) is 3.28. The van der Waals surface area contributed by atoms with Gasteiger partial charge in [-0.05, 0) is 76.2 Å². The number of carbonyl (C=O) groups excluding carboxylic acids is 4. The molecule has 50 heavy (non-hydrogen) atoms. The molecule has 0 aromatic heterocycles. The molecule has 2 saturated heterocycles. The Kier molecular flexibility index (Phi) is 15.4. The third-order valence-electron chi connectivity index (χ3n) is 10.9. The molecule has 2 bridgehead atoms. The lowest BCUT2D eigenvalue weighted by atomic mass is 9.82. The number of aliphatic hydroxyl groups is 2. The number of fused-ring (bicyclic) bond motifs is 3. The highest BCUT2D eigenvalue weighted by molar-refractivity contribution is 6.39. The first-order valence-electron chi connectivity index (χ1n) is 18.6. The lowest BCUT2D eigenvalue weighted by Crippen LogP contribution is -2.64. The highest BCUT2D eigenvalue weighted by atomic mass is 16.7. The molecule has 0 saturated carbocycles. The molecule has 0 radical (unpaired) electrons. The van der Waals surface area contributed by atoms with Gasteiger partial charge in [0.05, 0.1) is 18.3 Å². The first-order chi connectivity index (χ1) is 23.5. The second-order valence-electron chi connectivity index (χ2n) is 15.5. The van der Waals surface area contributed by atoms with Gasteiger partial charge in [0.25, 0.3) is 11.7 Å². The average Bonchev–Trinajstić information content (AvgIpc) is 3.07. The molecule has 11 nitrogen and oxygen atoms in total. The number of hydrogen-bond donors (Lipinski definition) is 2. The number of Topliss-reactive ketones (excluding diaryl/α,β-unsaturated/α-hetero) is 2. The summed E-state index contributed by atoms with van der Waals surface area (Å²) in [6.45, 7) is 15.3. The van der Waals surface area contributed by atoms with Crippen molar-refractivity contribution in [2.45, 2.75) is 149 Å². The predicted octanol–water partition coefficient (Wildman–Crippen LogP) is 4.95. The van der Waals surface area contributed by atoms with Gasteiger partial charge < -0.3 is 34.1 Å².